The molecule has 0 unspecified atom stereocenters. The molecule has 7 heteroatoms. The molecule has 0 spiro atoms. The topological polar surface area (TPSA) is 78.0 Å². The summed E-state index contributed by atoms with van der Waals surface area (Å²) in [5, 5.41) is 2.62. The molecule has 0 aliphatic rings. The Morgan fingerprint density at radius 3 is 2.95 bits per heavy atom. The maximum Gasteiger partial charge on any atom is 0.262 e. The number of nitrogens with zero attached hydrogens (tertiary/aromatic N) is 2. The van der Waals surface area contributed by atoms with Gasteiger partial charge in [0.05, 0.1) is 11.7 Å². The van der Waals surface area contributed by atoms with Crippen molar-refractivity contribution in [1.29, 1.82) is 0 Å². The summed E-state index contributed by atoms with van der Waals surface area (Å²) in [6.45, 7) is 2.25. The predicted octanol–water partition coefficient (Wildman–Crippen LogP) is 2.37. The van der Waals surface area contributed by atoms with Gasteiger partial charge in [0.25, 0.3) is 5.56 Å². The van der Waals surface area contributed by atoms with Gasteiger partial charge in [-0.15, -0.1) is 22.7 Å². The molecule has 21 heavy (non-hydrogen) atoms. The van der Waals surface area contributed by atoms with Crippen molar-refractivity contribution in [2.45, 2.75) is 19.9 Å². The number of fused-ring (bicyclic) bond motifs is 1. The standard InChI is InChI=1S/C14H13N3O2S2/c1-8-11(9-3-2-6-20-9)12-13(21-8)16-7-17(14(12)19)5-4-10(15)18/h2-3,6-7H,4-5H2,1H3,(H2,15,18). The molecule has 3 rings (SSSR count). The van der Waals surface area contributed by atoms with Crippen LogP contribution in [0.2, 0.25) is 0 Å². The summed E-state index contributed by atoms with van der Waals surface area (Å²) in [6, 6.07) is 3.96. The highest BCUT2D eigenvalue weighted by molar-refractivity contribution is 7.20. The number of primary amides is 1. The average Bonchev–Trinajstić information content (AvgIpc) is 3.04. The van der Waals surface area contributed by atoms with Gasteiger partial charge in [-0.25, -0.2) is 4.98 Å². The van der Waals surface area contributed by atoms with Crippen molar-refractivity contribution in [1.82, 2.24) is 9.55 Å². The molecule has 108 valence electrons. The highest BCUT2D eigenvalue weighted by Gasteiger charge is 2.17. The number of thiophene rings is 2. The molecule has 3 heterocycles. The molecule has 0 atom stereocenters. The fraction of sp³-hybridized carbons (Fsp3) is 0.214. The van der Waals surface area contributed by atoms with Crippen molar-refractivity contribution in [2.24, 2.45) is 5.73 Å². The normalized spacial score (nSPS) is 11.1. The van der Waals surface area contributed by atoms with Crippen LogP contribution in [0, 0.1) is 6.92 Å². The van der Waals surface area contributed by atoms with Crippen LogP contribution in [0.3, 0.4) is 0 Å². The first-order chi connectivity index (χ1) is 10.1. The Morgan fingerprint density at radius 1 is 1.48 bits per heavy atom. The zero-order valence-corrected chi connectivity index (χ0v) is 13.0. The molecule has 5 nitrogen and oxygen atoms in total. The van der Waals surface area contributed by atoms with E-state index in [2.05, 4.69) is 4.98 Å². The van der Waals surface area contributed by atoms with E-state index in [0.29, 0.717) is 5.39 Å². The van der Waals surface area contributed by atoms with Gasteiger partial charge in [-0.05, 0) is 18.4 Å². The van der Waals surface area contributed by atoms with E-state index in [4.69, 9.17) is 5.73 Å². The van der Waals surface area contributed by atoms with Crippen molar-refractivity contribution in [3.8, 4) is 10.4 Å². The van der Waals surface area contributed by atoms with E-state index >= 15 is 0 Å². The Hall–Kier alpha value is -1.99. The molecule has 0 radical (unpaired) electrons. The van der Waals surface area contributed by atoms with Gasteiger partial charge >= 0.3 is 0 Å². The smallest absolute Gasteiger partial charge is 0.262 e. The average molecular weight is 319 g/mol. The first-order valence-corrected chi connectivity index (χ1v) is 8.08. The third-order valence-electron chi connectivity index (χ3n) is 3.22. The quantitative estimate of drug-likeness (QED) is 0.802. The van der Waals surface area contributed by atoms with Crippen molar-refractivity contribution in [3.05, 3.63) is 39.1 Å². The zero-order valence-electron chi connectivity index (χ0n) is 11.3. The summed E-state index contributed by atoms with van der Waals surface area (Å²) in [6.07, 6.45) is 1.62. The van der Waals surface area contributed by atoms with Crippen molar-refractivity contribution in [2.75, 3.05) is 0 Å². The fourth-order valence-electron chi connectivity index (χ4n) is 2.24. The van der Waals surface area contributed by atoms with Crippen LogP contribution in [0.15, 0.2) is 28.6 Å². The molecule has 2 N–H and O–H groups in total. The second-order valence-corrected chi connectivity index (χ2v) is 6.80. The van der Waals surface area contributed by atoms with Gasteiger partial charge in [0.15, 0.2) is 0 Å². The molecule has 0 fully saturated rings. The highest BCUT2D eigenvalue weighted by Crippen LogP contribution is 2.37. The molecule has 0 aliphatic heterocycles. The van der Waals surface area contributed by atoms with Gasteiger partial charge in [-0.3, -0.25) is 14.2 Å². The molecule has 1 amide bonds. The molecule has 0 saturated heterocycles. The Bertz CT molecular complexity index is 862. The lowest BCUT2D eigenvalue weighted by Gasteiger charge is -2.04. The minimum Gasteiger partial charge on any atom is -0.370 e. The van der Waals surface area contributed by atoms with Crippen LogP contribution in [0.25, 0.3) is 20.7 Å². The van der Waals surface area contributed by atoms with Crippen molar-refractivity contribution < 1.29 is 4.79 Å². The van der Waals surface area contributed by atoms with Crippen LogP contribution < -0.4 is 11.3 Å². The SMILES string of the molecule is Cc1sc2ncn(CCC(N)=O)c(=O)c2c1-c1cccs1. The molecule has 0 bridgehead atoms. The lowest BCUT2D eigenvalue weighted by molar-refractivity contribution is -0.118. The van der Waals surface area contributed by atoms with E-state index in [0.717, 1.165) is 20.1 Å². The molecule has 0 aliphatic carbocycles. The van der Waals surface area contributed by atoms with Gasteiger partial charge in [0.1, 0.15) is 4.83 Å². The van der Waals surface area contributed by atoms with Crippen LogP contribution in [0.5, 0.6) is 0 Å². The van der Waals surface area contributed by atoms with Crippen LogP contribution >= 0.6 is 22.7 Å². The van der Waals surface area contributed by atoms with Crippen LogP contribution in [0.1, 0.15) is 11.3 Å². The first kappa shape index (κ1) is 14.0. The number of hydrogen-bond acceptors (Lipinski definition) is 5. The van der Waals surface area contributed by atoms with Gasteiger partial charge in [0, 0.05) is 28.3 Å². The van der Waals surface area contributed by atoms with Gasteiger partial charge in [0.2, 0.25) is 5.91 Å². The monoisotopic (exact) mass is 319 g/mol. The summed E-state index contributed by atoms with van der Waals surface area (Å²) in [4.78, 5) is 30.8. The molecule has 0 saturated carbocycles. The maximum atomic E-state index is 12.7. The number of nitrogens with two attached hydrogens (primary N) is 1. The second-order valence-electron chi connectivity index (χ2n) is 4.65. The lowest BCUT2D eigenvalue weighted by Crippen LogP contribution is -2.23. The van der Waals surface area contributed by atoms with Gasteiger partial charge in [-0.2, -0.15) is 0 Å². The Balaban J connectivity index is 2.20. The Labute approximate surface area is 128 Å². The third-order valence-corrected chi connectivity index (χ3v) is 5.12. The van der Waals surface area contributed by atoms with E-state index in [-0.39, 0.29) is 18.5 Å². The Kier molecular flexibility index (Phi) is 3.60. The number of carbonyl (C=O) groups excluding carboxylic acids is 1. The van der Waals surface area contributed by atoms with Crippen molar-refractivity contribution in [3.63, 3.8) is 0 Å². The fourth-order valence-corrected chi connectivity index (χ4v) is 4.14. The number of rotatable bonds is 4. The second kappa shape index (κ2) is 5.42. The maximum absolute atomic E-state index is 12.7. The number of aryl methyl sites for hydroxylation is 2. The molecule has 3 aromatic heterocycles. The summed E-state index contributed by atoms with van der Waals surface area (Å²) in [5.41, 5.74) is 5.98. The highest BCUT2D eigenvalue weighted by atomic mass is 32.1. The molecular weight excluding hydrogens is 306 g/mol. The van der Waals surface area contributed by atoms with E-state index in [1.807, 2.05) is 24.4 Å². The van der Waals surface area contributed by atoms with E-state index < -0.39 is 5.91 Å². The minimum absolute atomic E-state index is 0.117. The summed E-state index contributed by atoms with van der Waals surface area (Å²) < 4.78 is 1.45. The van der Waals surface area contributed by atoms with Crippen LogP contribution in [-0.4, -0.2) is 15.5 Å². The molecular formula is C14H13N3O2S2. The van der Waals surface area contributed by atoms with E-state index in [1.165, 1.54) is 22.2 Å². The molecule has 0 aromatic carbocycles. The minimum atomic E-state index is -0.429. The van der Waals surface area contributed by atoms with Crippen molar-refractivity contribution >= 4 is 38.8 Å². The zero-order chi connectivity index (χ0) is 15.0. The number of aromatic nitrogens is 2. The molecule has 3 aromatic rings. The van der Waals surface area contributed by atoms with Gasteiger partial charge < -0.3 is 5.73 Å². The number of hydrogen-bond donors (Lipinski definition) is 1. The van der Waals surface area contributed by atoms with Crippen LogP contribution in [-0.2, 0) is 11.3 Å². The van der Waals surface area contributed by atoms with E-state index in [9.17, 15) is 9.59 Å². The van der Waals surface area contributed by atoms with Crippen LogP contribution in [0.4, 0.5) is 0 Å². The first-order valence-electron chi connectivity index (χ1n) is 6.38. The van der Waals surface area contributed by atoms with E-state index in [1.54, 1.807) is 11.3 Å². The Morgan fingerprint density at radius 2 is 2.29 bits per heavy atom. The largest absolute Gasteiger partial charge is 0.370 e. The number of amides is 1. The number of carbonyl (C=O) groups is 1. The van der Waals surface area contributed by atoms with Gasteiger partial charge in [-0.1, -0.05) is 6.07 Å². The summed E-state index contributed by atoms with van der Waals surface area (Å²) in [5.74, 6) is -0.429. The predicted molar refractivity (Wildman–Crippen MR) is 85.7 cm³/mol. The summed E-state index contributed by atoms with van der Waals surface area (Å²) >= 11 is 3.11. The summed E-state index contributed by atoms with van der Waals surface area (Å²) in [7, 11) is 0. The lowest BCUT2D eigenvalue weighted by atomic mass is 10.1. The third kappa shape index (κ3) is 2.50.